The lowest BCUT2D eigenvalue weighted by Crippen LogP contribution is -1.98. The van der Waals surface area contributed by atoms with E-state index in [-0.39, 0.29) is 0 Å². The van der Waals surface area contributed by atoms with Crippen molar-refractivity contribution in [1.29, 1.82) is 5.26 Å². The van der Waals surface area contributed by atoms with Crippen LogP contribution in [0.15, 0.2) is 29.4 Å². The first-order chi connectivity index (χ1) is 9.65. The van der Waals surface area contributed by atoms with Crippen LogP contribution >= 0.6 is 0 Å². The number of hydrogen-bond acceptors (Lipinski definition) is 4. The van der Waals surface area contributed by atoms with Crippen molar-refractivity contribution in [3.63, 3.8) is 0 Å². The second kappa shape index (κ2) is 6.02. The maximum absolute atomic E-state index is 9.13. The predicted octanol–water partition coefficient (Wildman–Crippen LogP) is 3.06. The summed E-state index contributed by atoms with van der Waals surface area (Å²) in [5, 5.41) is 13.4. The van der Waals surface area contributed by atoms with Crippen LogP contribution in [-0.4, -0.2) is 22.8 Å². The van der Waals surface area contributed by atoms with Gasteiger partial charge in [0.2, 0.25) is 0 Å². The summed E-state index contributed by atoms with van der Waals surface area (Å²) in [5.41, 5.74) is 3.57. The molecule has 0 aliphatic carbocycles. The van der Waals surface area contributed by atoms with E-state index in [0.29, 0.717) is 18.0 Å². The number of ether oxygens (including phenoxy) is 1. The Morgan fingerprint density at radius 2 is 2.05 bits per heavy atom. The number of benzene rings is 1. The highest BCUT2D eigenvalue weighted by molar-refractivity contribution is 5.60. The Balaban J connectivity index is 2.51. The molecule has 0 unspecified atom stereocenters. The van der Waals surface area contributed by atoms with Crippen molar-refractivity contribution in [2.75, 3.05) is 6.61 Å². The van der Waals surface area contributed by atoms with Gasteiger partial charge in [-0.15, -0.1) is 0 Å². The third kappa shape index (κ3) is 2.86. The lowest BCUT2D eigenvalue weighted by atomic mass is 10.1. The van der Waals surface area contributed by atoms with E-state index in [1.165, 1.54) is 12.6 Å². The summed E-state index contributed by atoms with van der Waals surface area (Å²) in [4.78, 5) is 4.19. The maximum atomic E-state index is 9.13. The molecule has 5 heteroatoms. The van der Waals surface area contributed by atoms with Crippen LogP contribution in [0.1, 0.15) is 23.6 Å². The standard InChI is InChI=1S/C15H16N4O/c1-4-20-10-17-15-13(8-16)9-18-19(15)14-6-11(2)5-12(3)7-14/h5-7,9-10H,4H2,1-3H3. The van der Waals surface area contributed by atoms with Crippen molar-refractivity contribution in [3.05, 3.63) is 41.1 Å². The van der Waals surface area contributed by atoms with Crippen molar-refractivity contribution in [2.45, 2.75) is 20.8 Å². The molecule has 0 N–H and O–H groups in total. The highest BCUT2D eigenvalue weighted by Crippen LogP contribution is 2.23. The first-order valence-electron chi connectivity index (χ1n) is 6.36. The first-order valence-corrected chi connectivity index (χ1v) is 6.36. The third-order valence-electron chi connectivity index (χ3n) is 2.73. The molecule has 0 bridgehead atoms. The lowest BCUT2D eigenvalue weighted by molar-refractivity contribution is 0.343. The van der Waals surface area contributed by atoms with E-state index in [4.69, 9.17) is 10.00 Å². The summed E-state index contributed by atoms with van der Waals surface area (Å²) in [6.07, 6.45) is 2.85. The fourth-order valence-electron chi connectivity index (χ4n) is 1.97. The van der Waals surface area contributed by atoms with Crippen molar-refractivity contribution < 1.29 is 4.74 Å². The molecule has 2 aromatic rings. The number of hydrogen-bond donors (Lipinski definition) is 0. The van der Waals surface area contributed by atoms with Crippen LogP contribution in [0, 0.1) is 25.2 Å². The van der Waals surface area contributed by atoms with Crippen LogP contribution in [0.5, 0.6) is 0 Å². The molecule has 0 aliphatic rings. The maximum Gasteiger partial charge on any atom is 0.176 e. The molecular formula is C15H16N4O. The Bertz CT molecular complexity index is 659. The molecule has 1 aromatic carbocycles. The average molecular weight is 268 g/mol. The van der Waals surface area contributed by atoms with Gasteiger partial charge >= 0.3 is 0 Å². The second-order valence-electron chi connectivity index (χ2n) is 4.44. The van der Waals surface area contributed by atoms with Gasteiger partial charge < -0.3 is 4.74 Å². The molecule has 1 aromatic heterocycles. The zero-order valence-electron chi connectivity index (χ0n) is 11.8. The number of nitriles is 1. The molecule has 0 radical (unpaired) electrons. The van der Waals surface area contributed by atoms with E-state index >= 15 is 0 Å². The minimum absolute atomic E-state index is 0.417. The lowest BCUT2D eigenvalue weighted by Gasteiger charge is -2.07. The largest absolute Gasteiger partial charge is 0.483 e. The molecular weight excluding hydrogens is 252 g/mol. The number of aromatic nitrogens is 2. The molecule has 102 valence electrons. The zero-order valence-corrected chi connectivity index (χ0v) is 11.8. The van der Waals surface area contributed by atoms with Crippen molar-refractivity contribution in [3.8, 4) is 11.8 Å². The van der Waals surface area contributed by atoms with Gasteiger partial charge in [-0.05, 0) is 44.0 Å². The first kappa shape index (κ1) is 13.8. The summed E-state index contributed by atoms with van der Waals surface area (Å²) in [6, 6.07) is 8.18. The molecule has 1 heterocycles. The predicted molar refractivity (Wildman–Crippen MR) is 77.5 cm³/mol. The van der Waals surface area contributed by atoms with Gasteiger partial charge in [-0.25, -0.2) is 4.68 Å². The summed E-state index contributed by atoms with van der Waals surface area (Å²) in [7, 11) is 0. The Kier molecular flexibility index (Phi) is 4.16. The zero-order chi connectivity index (χ0) is 14.5. The van der Waals surface area contributed by atoms with Crippen molar-refractivity contribution >= 4 is 12.2 Å². The van der Waals surface area contributed by atoms with Crippen LogP contribution in [0.25, 0.3) is 5.69 Å². The number of aryl methyl sites for hydroxylation is 2. The van der Waals surface area contributed by atoms with Gasteiger partial charge in [0.25, 0.3) is 0 Å². The number of rotatable bonds is 4. The quantitative estimate of drug-likeness (QED) is 0.632. The number of nitrogens with zero attached hydrogens (tertiary/aromatic N) is 4. The van der Waals surface area contributed by atoms with Crippen LogP contribution < -0.4 is 0 Å². The Labute approximate surface area is 118 Å². The fraction of sp³-hybridized carbons (Fsp3) is 0.267. The van der Waals surface area contributed by atoms with E-state index in [1.807, 2.05) is 32.9 Å². The Morgan fingerprint density at radius 3 is 2.65 bits per heavy atom. The van der Waals surface area contributed by atoms with Gasteiger partial charge in [0.05, 0.1) is 18.5 Å². The van der Waals surface area contributed by atoms with Gasteiger partial charge in [-0.2, -0.15) is 15.4 Å². The van der Waals surface area contributed by atoms with E-state index < -0.39 is 0 Å². The van der Waals surface area contributed by atoms with Crippen molar-refractivity contribution in [2.24, 2.45) is 4.99 Å². The molecule has 0 spiro atoms. The summed E-state index contributed by atoms with van der Waals surface area (Å²) >= 11 is 0. The van der Waals surface area contributed by atoms with Gasteiger partial charge in [0.15, 0.2) is 12.2 Å². The van der Waals surface area contributed by atoms with Gasteiger partial charge in [0, 0.05) is 0 Å². The van der Waals surface area contributed by atoms with Crippen LogP contribution in [0.4, 0.5) is 5.82 Å². The van der Waals surface area contributed by atoms with Gasteiger partial charge in [-0.1, -0.05) is 6.07 Å². The molecule has 2 rings (SSSR count). The monoisotopic (exact) mass is 268 g/mol. The summed E-state index contributed by atoms with van der Waals surface area (Å²) in [6.45, 7) is 6.45. The van der Waals surface area contributed by atoms with Crippen LogP contribution in [0.2, 0.25) is 0 Å². The topological polar surface area (TPSA) is 63.2 Å². The fourth-order valence-corrected chi connectivity index (χ4v) is 1.97. The SMILES string of the molecule is CCOC=Nc1c(C#N)cnn1-c1cc(C)cc(C)c1. The number of aliphatic imine (C=N–C) groups is 1. The second-order valence-corrected chi connectivity index (χ2v) is 4.44. The summed E-state index contributed by atoms with van der Waals surface area (Å²) < 4.78 is 6.75. The average Bonchev–Trinajstić information content (AvgIpc) is 2.81. The van der Waals surface area contributed by atoms with E-state index in [2.05, 4.69) is 22.2 Å². The van der Waals surface area contributed by atoms with E-state index in [9.17, 15) is 0 Å². The molecule has 5 nitrogen and oxygen atoms in total. The smallest absolute Gasteiger partial charge is 0.176 e. The highest BCUT2D eigenvalue weighted by Gasteiger charge is 2.11. The van der Waals surface area contributed by atoms with E-state index in [0.717, 1.165) is 16.8 Å². The highest BCUT2D eigenvalue weighted by atomic mass is 16.5. The Morgan fingerprint density at radius 1 is 1.35 bits per heavy atom. The van der Waals surface area contributed by atoms with Crippen LogP contribution in [0.3, 0.4) is 0 Å². The normalized spacial score (nSPS) is 10.7. The van der Waals surface area contributed by atoms with Gasteiger partial charge in [-0.3, -0.25) is 0 Å². The molecule has 0 aliphatic heterocycles. The van der Waals surface area contributed by atoms with Gasteiger partial charge in [0.1, 0.15) is 11.6 Å². The summed E-state index contributed by atoms with van der Waals surface area (Å²) in [5.74, 6) is 0.478. The van der Waals surface area contributed by atoms with Crippen molar-refractivity contribution in [1.82, 2.24) is 9.78 Å². The molecule has 0 saturated heterocycles. The Hall–Kier alpha value is -2.61. The minimum Gasteiger partial charge on any atom is -0.483 e. The molecule has 0 fully saturated rings. The minimum atomic E-state index is 0.417. The molecule has 20 heavy (non-hydrogen) atoms. The van der Waals surface area contributed by atoms with Crippen LogP contribution in [-0.2, 0) is 4.74 Å². The molecule has 0 saturated carbocycles. The third-order valence-corrected chi connectivity index (χ3v) is 2.73. The molecule has 0 amide bonds. The molecule has 0 atom stereocenters. The van der Waals surface area contributed by atoms with E-state index in [1.54, 1.807) is 4.68 Å².